The molecule has 2 amide bonds. The van der Waals surface area contributed by atoms with Gasteiger partial charge in [-0.2, -0.15) is 0 Å². The summed E-state index contributed by atoms with van der Waals surface area (Å²) in [7, 11) is -4.11. The maximum Gasteiger partial charge on any atom is 0.264 e. The van der Waals surface area contributed by atoms with Crippen molar-refractivity contribution in [2.75, 3.05) is 24.0 Å². The molecule has 0 unspecified atom stereocenters. The number of benzene rings is 3. The smallest absolute Gasteiger partial charge is 0.264 e. The van der Waals surface area contributed by atoms with Crippen LogP contribution in [0.4, 0.5) is 5.69 Å². The number of rotatable bonds is 14. The largest absolute Gasteiger partial charge is 0.494 e. The zero-order chi connectivity index (χ0) is 29.1. The van der Waals surface area contributed by atoms with E-state index in [1.54, 1.807) is 49.4 Å². The Bertz CT molecular complexity index is 1360. The van der Waals surface area contributed by atoms with Crippen LogP contribution >= 0.6 is 0 Å². The average Bonchev–Trinajstić information content (AvgIpc) is 2.95. The summed E-state index contributed by atoms with van der Waals surface area (Å²) in [5.41, 5.74) is 2.18. The number of hydrogen-bond donors (Lipinski definition) is 1. The lowest BCUT2D eigenvalue weighted by atomic mass is 10.1. The van der Waals surface area contributed by atoms with Crippen LogP contribution in [0.3, 0.4) is 0 Å². The molecule has 0 aliphatic carbocycles. The number of anilines is 1. The van der Waals surface area contributed by atoms with Gasteiger partial charge in [-0.3, -0.25) is 13.9 Å². The van der Waals surface area contributed by atoms with Crippen molar-refractivity contribution in [1.29, 1.82) is 0 Å². The predicted octanol–water partition coefficient (Wildman–Crippen LogP) is 4.92. The number of nitrogens with zero attached hydrogens (tertiary/aromatic N) is 2. The quantitative estimate of drug-likeness (QED) is 0.280. The number of aryl methyl sites for hydroxylation is 1. The van der Waals surface area contributed by atoms with Gasteiger partial charge in [-0.15, -0.1) is 0 Å². The number of unbranched alkanes of at least 4 members (excludes halogenated alkanes) is 1. The molecule has 0 aliphatic heterocycles. The van der Waals surface area contributed by atoms with Gasteiger partial charge in [0.25, 0.3) is 10.0 Å². The molecule has 8 nitrogen and oxygen atoms in total. The van der Waals surface area contributed by atoms with E-state index in [1.165, 1.54) is 17.0 Å². The van der Waals surface area contributed by atoms with E-state index in [2.05, 4.69) is 5.32 Å². The summed E-state index contributed by atoms with van der Waals surface area (Å²) >= 11 is 0. The maximum atomic E-state index is 14.0. The van der Waals surface area contributed by atoms with E-state index in [0.29, 0.717) is 24.6 Å². The van der Waals surface area contributed by atoms with E-state index in [1.807, 2.05) is 45.0 Å². The van der Waals surface area contributed by atoms with Crippen LogP contribution in [0, 0.1) is 6.92 Å². The highest BCUT2D eigenvalue weighted by Crippen LogP contribution is 2.26. The maximum absolute atomic E-state index is 14.0. The van der Waals surface area contributed by atoms with Gasteiger partial charge in [-0.25, -0.2) is 8.42 Å². The van der Waals surface area contributed by atoms with Crippen LogP contribution in [0.15, 0.2) is 83.8 Å². The Morgan fingerprint density at radius 2 is 1.65 bits per heavy atom. The van der Waals surface area contributed by atoms with Crippen molar-refractivity contribution in [2.24, 2.45) is 0 Å². The molecular weight excluding hydrogens is 526 g/mol. The molecular formula is C31H39N3O5S. The third-order valence-corrected chi connectivity index (χ3v) is 8.27. The van der Waals surface area contributed by atoms with Crippen molar-refractivity contribution >= 4 is 27.5 Å². The van der Waals surface area contributed by atoms with Gasteiger partial charge >= 0.3 is 0 Å². The van der Waals surface area contributed by atoms with Crippen LogP contribution in [-0.4, -0.2) is 50.9 Å². The van der Waals surface area contributed by atoms with E-state index in [4.69, 9.17) is 4.74 Å². The second-order valence-electron chi connectivity index (χ2n) is 9.58. The molecule has 0 saturated heterocycles. The summed E-state index contributed by atoms with van der Waals surface area (Å²) in [6.07, 6.45) is 1.75. The Kier molecular flexibility index (Phi) is 11.1. The lowest BCUT2D eigenvalue weighted by Crippen LogP contribution is -2.51. The van der Waals surface area contributed by atoms with Crippen molar-refractivity contribution in [3.05, 3.63) is 90.0 Å². The third kappa shape index (κ3) is 8.08. The predicted molar refractivity (Wildman–Crippen MR) is 158 cm³/mol. The molecule has 0 spiro atoms. The number of amides is 2. The molecule has 3 rings (SSSR count). The first-order valence-electron chi connectivity index (χ1n) is 13.6. The van der Waals surface area contributed by atoms with Gasteiger partial charge in [0.1, 0.15) is 18.3 Å². The molecule has 0 aliphatic rings. The van der Waals surface area contributed by atoms with Crippen molar-refractivity contribution in [3.63, 3.8) is 0 Å². The zero-order valence-electron chi connectivity index (χ0n) is 23.7. The Balaban J connectivity index is 1.99. The topological polar surface area (TPSA) is 96.0 Å². The molecule has 214 valence electrons. The Hall–Kier alpha value is -3.85. The fraction of sp³-hybridized carbons (Fsp3) is 0.355. The normalized spacial score (nSPS) is 11.9. The van der Waals surface area contributed by atoms with E-state index < -0.39 is 28.5 Å². The summed E-state index contributed by atoms with van der Waals surface area (Å²) in [6.45, 7) is 8.17. The molecule has 9 heteroatoms. The third-order valence-electron chi connectivity index (χ3n) is 6.48. The summed E-state index contributed by atoms with van der Waals surface area (Å²) in [6, 6.07) is 21.4. The second kappa shape index (κ2) is 14.5. The fourth-order valence-corrected chi connectivity index (χ4v) is 5.68. The van der Waals surface area contributed by atoms with Crippen molar-refractivity contribution in [1.82, 2.24) is 10.2 Å². The van der Waals surface area contributed by atoms with Crippen LogP contribution in [-0.2, 0) is 26.2 Å². The van der Waals surface area contributed by atoms with Gasteiger partial charge in [0.05, 0.1) is 17.2 Å². The number of hydrogen-bond acceptors (Lipinski definition) is 5. The minimum atomic E-state index is -4.11. The molecule has 0 saturated carbocycles. The minimum absolute atomic E-state index is 0.0623. The van der Waals surface area contributed by atoms with Crippen molar-refractivity contribution in [3.8, 4) is 5.75 Å². The number of nitrogens with one attached hydrogen (secondary N) is 1. The van der Waals surface area contributed by atoms with Gasteiger partial charge in [-0.05, 0) is 69.2 Å². The van der Waals surface area contributed by atoms with E-state index in [-0.39, 0.29) is 17.3 Å². The van der Waals surface area contributed by atoms with Gasteiger partial charge in [0.15, 0.2) is 0 Å². The molecule has 0 aromatic heterocycles. The van der Waals surface area contributed by atoms with E-state index >= 15 is 0 Å². The highest BCUT2D eigenvalue weighted by molar-refractivity contribution is 7.92. The lowest BCUT2D eigenvalue weighted by molar-refractivity contribution is -0.139. The summed E-state index contributed by atoms with van der Waals surface area (Å²) in [5, 5.41) is 2.90. The highest BCUT2D eigenvalue weighted by atomic mass is 32.2. The van der Waals surface area contributed by atoms with Crippen LogP contribution in [0.1, 0.15) is 44.7 Å². The van der Waals surface area contributed by atoms with Crippen LogP contribution in [0.5, 0.6) is 5.75 Å². The van der Waals surface area contributed by atoms with Crippen LogP contribution in [0.25, 0.3) is 0 Å². The van der Waals surface area contributed by atoms with Gasteiger partial charge in [0, 0.05) is 13.1 Å². The molecule has 40 heavy (non-hydrogen) atoms. The summed E-state index contributed by atoms with van der Waals surface area (Å²) < 4.78 is 34.3. The first-order valence-corrected chi connectivity index (χ1v) is 15.0. The number of carbonyl (C=O) groups excluding carboxylic acids is 2. The SMILES string of the molecule is CCCCNC(=O)[C@H](C)N(Cc1cccc(C)c1)C(=O)CN(c1ccc(OCC)cc1)S(=O)(=O)c1ccccc1. The monoisotopic (exact) mass is 565 g/mol. The highest BCUT2D eigenvalue weighted by Gasteiger charge is 2.32. The van der Waals surface area contributed by atoms with Gasteiger partial charge in [0.2, 0.25) is 11.8 Å². The lowest BCUT2D eigenvalue weighted by Gasteiger charge is -2.32. The molecule has 0 bridgehead atoms. The van der Waals surface area contributed by atoms with Crippen molar-refractivity contribution in [2.45, 2.75) is 58.0 Å². The average molecular weight is 566 g/mol. The van der Waals surface area contributed by atoms with E-state index in [9.17, 15) is 18.0 Å². The second-order valence-corrected chi connectivity index (χ2v) is 11.4. The Labute approximate surface area is 238 Å². The minimum Gasteiger partial charge on any atom is -0.494 e. The fourth-order valence-electron chi connectivity index (χ4n) is 4.25. The summed E-state index contributed by atoms with van der Waals surface area (Å²) in [4.78, 5) is 28.5. The van der Waals surface area contributed by atoms with Crippen LogP contribution < -0.4 is 14.4 Å². The van der Waals surface area contributed by atoms with E-state index in [0.717, 1.165) is 28.3 Å². The molecule has 0 radical (unpaired) electrons. The Morgan fingerprint density at radius 3 is 2.27 bits per heavy atom. The standard InChI is InChI=1S/C31H39N3O5S/c1-5-7-20-32-31(36)25(4)33(22-26-13-11-12-24(3)21-26)30(35)23-34(27-16-18-28(19-17-27)39-6-2)40(37,38)29-14-9-8-10-15-29/h8-19,21,25H,5-7,20,22-23H2,1-4H3,(H,32,36)/t25-/m0/s1. The molecule has 0 fully saturated rings. The molecule has 1 atom stereocenters. The zero-order valence-corrected chi connectivity index (χ0v) is 24.5. The Morgan fingerprint density at radius 1 is 0.950 bits per heavy atom. The first kappa shape index (κ1) is 30.7. The summed E-state index contributed by atoms with van der Waals surface area (Å²) in [5.74, 6) is -0.186. The number of carbonyl (C=O) groups is 2. The van der Waals surface area contributed by atoms with Gasteiger partial charge < -0.3 is 15.0 Å². The molecule has 3 aromatic carbocycles. The molecule has 0 heterocycles. The van der Waals surface area contributed by atoms with Crippen molar-refractivity contribution < 1.29 is 22.7 Å². The first-order chi connectivity index (χ1) is 19.2. The van der Waals surface area contributed by atoms with Crippen LogP contribution in [0.2, 0.25) is 0 Å². The number of ether oxygens (including phenoxy) is 1. The van der Waals surface area contributed by atoms with Gasteiger partial charge in [-0.1, -0.05) is 61.4 Å². The molecule has 1 N–H and O–H groups in total. The molecule has 3 aromatic rings. The number of sulfonamides is 1.